The number of carbonyl (C=O) groups is 4. The molecule has 0 saturated carbocycles. The first-order valence-electron chi connectivity index (χ1n) is 10.1. The molecular formula is C23H20N4O5S. The number of carbonyl (C=O) groups excluding carboxylic acids is 4. The Morgan fingerprint density at radius 1 is 1.12 bits per heavy atom. The smallest absolute Gasteiger partial charge is 0.338 e. The maximum Gasteiger partial charge on any atom is 0.338 e. The van der Waals surface area contributed by atoms with E-state index in [0.717, 1.165) is 4.90 Å². The Morgan fingerprint density at radius 3 is 2.48 bits per heavy atom. The Labute approximate surface area is 193 Å². The highest BCUT2D eigenvalue weighted by atomic mass is 32.1. The molecule has 2 aromatic carbocycles. The number of ether oxygens (including phenoxy) is 1. The molecule has 0 atom stereocenters. The molecule has 33 heavy (non-hydrogen) atoms. The van der Waals surface area contributed by atoms with Crippen LogP contribution in [0.25, 0.3) is 0 Å². The van der Waals surface area contributed by atoms with E-state index in [0.29, 0.717) is 27.6 Å². The Morgan fingerprint density at radius 2 is 1.85 bits per heavy atom. The molecule has 4 rings (SSSR count). The number of rotatable bonds is 7. The van der Waals surface area contributed by atoms with Crippen molar-refractivity contribution in [3.05, 3.63) is 76.8 Å². The fourth-order valence-electron chi connectivity index (χ4n) is 3.24. The number of para-hydroxylation sites is 1. The minimum Gasteiger partial charge on any atom is -0.456 e. The third kappa shape index (κ3) is 5.07. The number of esters is 1. The Kier molecular flexibility index (Phi) is 6.45. The van der Waals surface area contributed by atoms with E-state index in [1.165, 1.54) is 23.2 Å². The van der Waals surface area contributed by atoms with E-state index in [-0.39, 0.29) is 31.5 Å². The van der Waals surface area contributed by atoms with Crippen LogP contribution in [-0.4, -0.2) is 40.2 Å². The number of nitrogens with zero attached hydrogens (tertiary/aromatic N) is 3. The molecule has 0 bridgehead atoms. The lowest BCUT2D eigenvalue weighted by molar-refractivity contribution is -0.125. The van der Waals surface area contributed by atoms with Gasteiger partial charge in [0, 0.05) is 12.3 Å². The molecule has 3 aromatic rings. The third-order valence-electron chi connectivity index (χ3n) is 4.88. The number of thiazole rings is 1. The van der Waals surface area contributed by atoms with Crippen LogP contribution < -0.4 is 10.2 Å². The van der Waals surface area contributed by atoms with Gasteiger partial charge >= 0.3 is 12.0 Å². The fraction of sp³-hybridized carbons (Fsp3) is 0.174. The molecule has 1 fully saturated rings. The minimum absolute atomic E-state index is 0.00288. The van der Waals surface area contributed by atoms with Gasteiger partial charge in [0.15, 0.2) is 5.13 Å². The summed E-state index contributed by atoms with van der Waals surface area (Å²) < 4.78 is 5.35. The van der Waals surface area contributed by atoms with Gasteiger partial charge in [-0.25, -0.2) is 14.6 Å². The van der Waals surface area contributed by atoms with Gasteiger partial charge in [-0.2, -0.15) is 0 Å². The number of amides is 4. The SMILES string of the molecule is CC(=O)N(c1ccccc1)c1nc(COC(=O)c2ccc(CN3C(=O)CNC3=O)cc2)cs1. The van der Waals surface area contributed by atoms with E-state index in [9.17, 15) is 19.2 Å². The van der Waals surface area contributed by atoms with Crippen molar-refractivity contribution in [3.63, 3.8) is 0 Å². The molecule has 0 radical (unpaired) electrons. The summed E-state index contributed by atoms with van der Waals surface area (Å²) >= 11 is 1.28. The zero-order valence-corrected chi connectivity index (χ0v) is 18.5. The van der Waals surface area contributed by atoms with Gasteiger partial charge in [0.2, 0.25) is 11.8 Å². The molecule has 2 heterocycles. The lowest BCUT2D eigenvalue weighted by atomic mass is 10.1. The van der Waals surface area contributed by atoms with Crippen molar-refractivity contribution in [1.29, 1.82) is 0 Å². The number of urea groups is 1. The Bertz CT molecular complexity index is 1180. The van der Waals surface area contributed by atoms with Gasteiger partial charge in [-0.15, -0.1) is 11.3 Å². The fourth-order valence-corrected chi connectivity index (χ4v) is 4.11. The maximum absolute atomic E-state index is 12.4. The first kappa shape index (κ1) is 22.2. The number of aromatic nitrogens is 1. The van der Waals surface area contributed by atoms with Crippen molar-refractivity contribution in [2.24, 2.45) is 0 Å². The summed E-state index contributed by atoms with van der Waals surface area (Å²) in [4.78, 5) is 54.9. The van der Waals surface area contributed by atoms with E-state index in [4.69, 9.17) is 4.74 Å². The van der Waals surface area contributed by atoms with E-state index in [2.05, 4.69) is 10.3 Å². The molecule has 1 N–H and O–H groups in total. The van der Waals surface area contributed by atoms with Crippen LogP contribution in [0.2, 0.25) is 0 Å². The van der Waals surface area contributed by atoms with Crippen LogP contribution in [0.4, 0.5) is 15.6 Å². The van der Waals surface area contributed by atoms with Crippen LogP contribution in [0.5, 0.6) is 0 Å². The highest BCUT2D eigenvalue weighted by Gasteiger charge is 2.28. The van der Waals surface area contributed by atoms with Gasteiger partial charge in [-0.3, -0.25) is 19.4 Å². The van der Waals surface area contributed by atoms with E-state index in [1.54, 1.807) is 29.6 Å². The summed E-state index contributed by atoms with van der Waals surface area (Å²) in [5, 5.41) is 4.69. The van der Waals surface area contributed by atoms with Gasteiger partial charge in [-0.05, 0) is 29.8 Å². The summed E-state index contributed by atoms with van der Waals surface area (Å²) in [7, 11) is 0. The summed E-state index contributed by atoms with van der Waals surface area (Å²) in [6.07, 6.45) is 0. The van der Waals surface area contributed by atoms with Crippen molar-refractivity contribution < 1.29 is 23.9 Å². The van der Waals surface area contributed by atoms with Gasteiger partial charge in [0.1, 0.15) is 6.61 Å². The predicted octanol–water partition coefficient (Wildman–Crippen LogP) is 3.24. The van der Waals surface area contributed by atoms with Crippen LogP contribution in [0.15, 0.2) is 60.0 Å². The number of imide groups is 1. The standard InChI is InChI=1S/C23H20N4O5S/c1-15(28)27(19-5-3-2-4-6-19)23-25-18(14-33-23)13-32-21(30)17-9-7-16(8-10-17)12-26-20(29)11-24-22(26)31/h2-10,14H,11-13H2,1H3,(H,24,31). The second-order valence-electron chi connectivity index (χ2n) is 7.22. The molecule has 0 unspecified atom stereocenters. The molecule has 4 amide bonds. The number of benzene rings is 2. The molecule has 0 aliphatic carbocycles. The van der Waals surface area contributed by atoms with Crippen LogP contribution in [0.3, 0.4) is 0 Å². The third-order valence-corrected chi connectivity index (χ3v) is 5.75. The van der Waals surface area contributed by atoms with Crippen LogP contribution in [-0.2, 0) is 27.5 Å². The molecule has 168 valence electrons. The number of hydrogen-bond acceptors (Lipinski definition) is 7. The minimum atomic E-state index is -0.530. The van der Waals surface area contributed by atoms with Crippen molar-refractivity contribution >= 4 is 46.0 Å². The first-order chi connectivity index (χ1) is 15.9. The molecule has 1 aliphatic heterocycles. The quantitative estimate of drug-likeness (QED) is 0.425. The monoisotopic (exact) mass is 464 g/mol. The van der Waals surface area contributed by atoms with E-state index >= 15 is 0 Å². The second kappa shape index (κ2) is 9.61. The maximum atomic E-state index is 12.4. The highest BCUT2D eigenvalue weighted by molar-refractivity contribution is 7.14. The van der Waals surface area contributed by atoms with Crippen LogP contribution >= 0.6 is 11.3 Å². The van der Waals surface area contributed by atoms with Gasteiger partial charge in [-0.1, -0.05) is 30.3 Å². The normalized spacial score (nSPS) is 13.1. The van der Waals surface area contributed by atoms with Gasteiger partial charge in [0.05, 0.1) is 30.0 Å². The van der Waals surface area contributed by atoms with Gasteiger partial charge < -0.3 is 10.1 Å². The van der Waals surface area contributed by atoms with Gasteiger partial charge in [0.25, 0.3) is 0 Å². The number of nitrogens with one attached hydrogen (secondary N) is 1. The molecular weight excluding hydrogens is 444 g/mol. The summed E-state index contributed by atoms with van der Waals surface area (Å²) in [5.74, 6) is -0.994. The molecule has 0 spiro atoms. The average molecular weight is 465 g/mol. The summed E-state index contributed by atoms with van der Waals surface area (Å²) in [6, 6.07) is 15.2. The Hall–Kier alpha value is -4.05. The summed E-state index contributed by atoms with van der Waals surface area (Å²) in [6.45, 7) is 1.55. The molecule has 9 nitrogen and oxygen atoms in total. The molecule has 1 aliphatic rings. The lowest BCUT2D eigenvalue weighted by Crippen LogP contribution is -2.30. The number of hydrogen-bond donors (Lipinski definition) is 1. The average Bonchev–Trinajstić information content (AvgIpc) is 3.40. The van der Waals surface area contributed by atoms with Crippen molar-refractivity contribution in [1.82, 2.24) is 15.2 Å². The molecule has 1 aromatic heterocycles. The lowest BCUT2D eigenvalue weighted by Gasteiger charge is -2.17. The van der Waals surface area contributed by atoms with Crippen molar-refractivity contribution in [2.45, 2.75) is 20.1 Å². The second-order valence-corrected chi connectivity index (χ2v) is 8.06. The topological polar surface area (TPSA) is 109 Å². The zero-order chi connectivity index (χ0) is 23.4. The highest BCUT2D eigenvalue weighted by Crippen LogP contribution is 2.29. The van der Waals surface area contributed by atoms with Crippen molar-refractivity contribution in [2.75, 3.05) is 11.4 Å². The van der Waals surface area contributed by atoms with Crippen molar-refractivity contribution in [3.8, 4) is 0 Å². The largest absolute Gasteiger partial charge is 0.456 e. The predicted molar refractivity (Wildman–Crippen MR) is 121 cm³/mol. The number of anilines is 2. The van der Waals surface area contributed by atoms with Crippen LogP contribution in [0.1, 0.15) is 28.5 Å². The van der Waals surface area contributed by atoms with E-state index < -0.39 is 12.0 Å². The molecule has 1 saturated heterocycles. The molecule has 10 heteroatoms. The Balaban J connectivity index is 1.36. The summed E-state index contributed by atoms with van der Waals surface area (Å²) in [5.41, 5.74) is 2.28. The zero-order valence-electron chi connectivity index (χ0n) is 17.7. The van der Waals surface area contributed by atoms with E-state index in [1.807, 2.05) is 30.3 Å². The first-order valence-corrected chi connectivity index (χ1v) is 10.9. The van der Waals surface area contributed by atoms with Crippen LogP contribution in [0, 0.1) is 0 Å².